The van der Waals surface area contributed by atoms with E-state index in [9.17, 15) is 0 Å². The summed E-state index contributed by atoms with van der Waals surface area (Å²) in [4.78, 5) is 12.5. The predicted octanol–water partition coefficient (Wildman–Crippen LogP) is 5.12. The molecule has 0 atom stereocenters. The Labute approximate surface area is 133 Å². The summed E-state index contributed by atoms with van der Waals surface area (Å²) < 4.78 is 0. The van der Waals surface area contributed by atoms with E-state index in [0.717, 1.165) is 16.5 Å². The van der Waals surface area contributed by atoms with Gasteiger partial charge in [0.15, 0.2) is 0 Å². The first-order valence-corrected chi connectivity index (χ1v) is 7.39. The van der Waals surface area contributed by atoms with Crippen molar-refractivity contribution in [2.45, 2.75) is 19.8 Å². The standard InChI is InChI=1S/C16H13Cl2N3/c1-9(2)11-5-6-19-14-4-3-10(7-12(11)14)15-13(17)8-20-16(18)21-15/h3-9H,1-2H3. The molecule has 0 aliphatic rings. The van der Waals surface area contributed by atoms with Gasteiger partial charge < -0.3 is 0 Å². The summed E-state index contributed by atoms with van der Waals surface area (Å²) in [6.07, 6.45) is 3.36. The van der Waals surface area contributed by atoms with Crippen LogP contribution in [0, 0.1) is 0 Å². The molecule has 0 spiro atoms. The molecule has 0 saturated heterocycles. The Morgan fingerprint density at radius 2 is 1.86 bits per heavy atom. The zero-order valence-electron chi connectivity index (χ0n) is 11.6. The lowest BCUT2D eigenvalue weighted by Gasteiger charge is -2.11. The molecule has 0 saturated carbocycles. The van der Waals surface area contributed by atoms with Gasteiger partial charge in [0.25, 0.3) is 0 Å². The fourth-order valence-corrected chi connectivity index (χ4v) is 2.70. The maximum absolute atomic E-state index is 6.18. The highest BCUT2D eigenvalue weighted by Gasteiger charge is 2.11. The number of hydrogen-bond acceptors (Lipinski definition) is 3. The Hall–Kier alpha value is -1.71. The highest BCUT2D eigenvalue weighted by molar-refractivity contribution is 6.33. The maximum Gasteiger partial charge on any atom is 0.222 e. The number of rotatable bonds is 2. The maximum atomic E-state index is 6.18. The van der Waals surface area contributed by atoms with Gasteiger partial charge in [-0.05, 0) is 41.3 Å². The number of fused-ring (bicyclic) bond motifs is 1. The molecule has 2 aromatic heterocycles. The van der Waals surface area contributed by atoms with Gasteiger partial charge in [-0.1, -0.05) is 31.5 Å². The van der Waals surface area contributed by atoms with Gasteiger partial charge in [0, 0.05) is 17.1 Å². The van der Waals surface area contributed by atoms with Crippen molar-refractivity contribution < 1.29 is 0 Å². The Morgan fingerprint density at radius 3 is 2.62 bits per heavy atom. The summed E-state index contributed by atoms with van der Waals surface area (Å²) in [5.74, 6) is 0.412. The lowest BCUT2D eigenvalue weighted by Crippen LogP contribution is -1.93. The molecule has 0 unspecified atom stereocenters. The molecule has 2 heterocycles. The van der Waals surface area contributed by atoms with Gasteiger partial charge in [-0.2, -0.15) is 0 Å². The Balaban J connectivity index is 2.25. The molecular weight excluding hydrogens is 305 g/mol. The highest BCUT2D eigenvalue weighted by Crippen LogP contribution is 2.31. The second-order valence-electron chi connectivity index (χ2n) is 5.12. The summed E-state index contributed by atoms with van der Waals surface area (Å²) >= 11 is 12.1. The van der Waals surface area contributed by atoms with Crippen LogP contribution < -0.4 is 0 Å². The Morgan fingerprint density at radius 1 is 1.05 bits per heavy atom. The van der Waals surface area contributed by atoms with Crippen LogP contribution in [0.2, 0.25) is 10.3 Å². The van der Waals surface area contributed by atoms with Crippen molar-refractivity contribution in [3.8, 4) is 11.3 Å². The predicted molar refractivity (Wildman–Crippen MR) is 86.9 cm³/mol. The van der Waals surface area contributed by atoms with E-state index in [1.165, 1.54) is 11.8 Å². The quantitative estimate of drug-likeness (QED) is 0.615. The van der Waals surface area contributed by atoms with Crippen molar-refractivity contribution >= 4 is 34.1 Å². The van der Waals surface area contributed by atoms with Crippen molar-refractivity contribution in [2.24, 2.45) is 0 Å². The minimum Gasteiger partial charge on any atom is -0.256 e. The summed E-state index contributed by atoms with van der Waals surface area (Å²) in [7, 11) is 0. The monoisotopic (exact) mass is 317 g/mol. The van der Waals surface area contributed by atoms with Gasteiger partial charge in [0.05, 0.1) is 22.4 Å². The van der Waals surface area contributed by atoms with Gasteiger partial charge in [-0.25, -0.2) is 9.97 Å². The molecule has 0 aliphatic carbocycles. The Bertz CT molecular complexity index is 816. The van der Waals surface area contributed by atoms with E-state index in [0.29, 0.717) is 16.6 Å². The number of benzene rings is 1. The Kier molecular flexibility index (Phi) is 3.79. The van der Waals surface area contributed by atoms with E-state index in [1.807, 2.05) is 24.4 Å². The van der Waals surface area contributed by atoms with Crippen LogP contribution in [0.4, 0.5) is 0 Å². The van der Waals surface area contributed by atoms with Gasteiger partial charge in [0.1, 0.15) is 0 Å². The second kappa shape index (κ2) is 5.58. The van der Waals surface area contributed by atoms with Crippen molar-refractivity contribution in [3.05, 3.63) is 52.5 Å². The average Bonchev–Trinajstić information content (AvgIpc) is 2.48. The molecule has 0 aliphatic heterocycles. The van der Waals surface area contributed by atoms with Crippen LogP contribution in [0.1, 0.15) is 25.3 Å². The fourth-order valence-electron chi connectivity index (χ4n) is 2.37. The van der Waals surface area contributed by atoms with E-state index >= 15 is 0 Å². The molecule has 106 valence electrons. The van der Waals surface area contributed by atoms with E-state index < -0.39 is 0 Å². The zero-order chi connectivity index (χ0) is 15.0. The third kappa shape index (κ3) is 2.71. The van der Waals surface area contributed by atoms with Crippen molar-refractivity contribution in [2.75, 3.05) is 0 Å². The summed E-state index contributed by atoms with van der Waals surface area (Å²) in [6, 6.07) is 8.03. The first kappa shape index (κ1) is 14.2. The van der Waals surface area contributed by atoms with Crippen molar-refractivity contribution in [1.82, 2.24) is 15.0 Å². The minimum atomic E-state index is 0.185. The second-order valence-corrected chi connectivity index (χ2v) is 5.87. The summed E-state index contributed by atoms with van der Waals surface area (Å²) in [6.45, 7) is 4.33. The SMILES string of the molecule is CC(C)c1ccnc2ccc(-c3nc(Cl)ncc3Cl)cc12. The van der Waals surface area contributed by atoms with Gasteiger partial charge in [-0.3, -0.25) is 4.98 Å². The van der Waals surface area contributed by atoms with Gasteiger partial charge in [0.2, 0.25) is 5.28 Å². The number of hydrogen-bond donors (Lipinski definition) is 0. The molecule has 0 fully saturated rings. The van der Waals surface area contributed by atoms with Gasteiger partial charge >= 0.3 is 0 Å². The van der Waals surface area contributed by atoms with Crippen LogP contribution in [0.15, 0.2) is 36.7 Å². The number of pyridine rings is 1. The average molecular weight is 318 g/mol. The molecule has 0 N–H and O–H groups in total. The zero-order valence-corrected chi connectivity index (χ0v) is 13.2. The van der Waals surface area contributed by atoms with Crippen LogP contribution in [-0.2, 0) is 0 Å². The highest BCUT2D eigenvalue weighted by atomic mass is 35.5. The number of nitrogens with zero attached hydrogens (tertiary/aromatic N) is 3. The minimum absolute atomic E-state index is 0.185. The van der Waals surface area contributed by atoms with Crippen LogP contribution in [0.25, 0.3) is 22.2 Å². The normalized spacial score (nSPS) is 11.3. The number of aromatic nitrogens is 3. The molecule has 5 heteroatoms. The lowest BCUT2D eigenvalue weighted by atomic mass is 9.97. The van der Waals surface area contributed by atoms with Gasteiger partial charge in [-0.15, -0.1) is 0 Å². The van der Waals surface area contributed by atoms with E-state index in [1.54, 1.807) is 0 Å². The molecule has 0 bridgehead atoms. The topological polar surface area (TPSA) is 38.7 Å². The summed E-state index contributed by atoms with van der Waals surface area (Å²) in [5.41, 5.74) is 3.75. The molecule has 21 heavy (non-hydrogen) atoms. The largest absolute Gasteiger partial charge is 0.256 e. The molecule has 3 aromatic rings. The molecular formula is C16H13Cl2N3. The van der Waals surface area contributed by atoms with Crippen LogP contribution >= 0.6 is 23.2 Å². The first-order valence-electron chi connectivity index (χ1n) is 6.63. The molecule has 0 amide bonds. The van der Waals surface area contributed by atoms with Crippen LogP contribution in [-0.4, -0.2) is 15.0 Å². The molecule has 1 aromatic carbocycles. The van der Waals surface area contributed by atoms with E-state index in [-0.39, 0.29) is 5.28 Å². The summed E-state index contributed by atoms with van der Waals surface area (Å²) in [5, 5.41) is 1.77. The first-order chi connectivity index (χ1) is 10.1. The smallest absolute Gasteiger partial charge is 0.222 e. The molecule has 3 rings (SSSR count). The molecule has 0 radical (unpaired) electrons. The van der Waals surface area contributed by atoms with E-state index in [2.05, 4.69) is 34.9 Å². The van der Waals surface area contributed by atoms with Crippen LogP contribution in [0.5, 0.6) is 0 Å². The number of halogens is 2. The van der Waals surface area contributed by atoms with Crippen molar-refractivity contribution in [1.29, 1.82) is 0 Å². The molecule has 3 nitrogen and oxygen atoms in total. The third-order valence-corrected chi connectivity index (χ3v) is 3.84. The van der Waals surface area contributed by atoms with Crippen molar-refractivity contribution in [3.63, 3.8) is 0 Å². The van der Waals surface area contributed by atoms with E-state index in [4.69, 9.17) is 23.2 Å². The lowest BCUT2D eigenvalue weighted by molar-refractivity contribution is 0.874. The van der Waals surface area contributed by atoms with Crippen LogP contribution in [0.3, 0.4) is 0 Å². The third-order valence-electron chi connectivity index (χ3n) is 3.39. The fraction of sp³-hybridized carbons (Fsp3) is 0.188.